The first-order chi connectivity index (χ1) is 6.90. The molecule has 2 rings (SSSR count). The molecule has 0 fully saturated rings. The Hall–Kier alpha value is -1.54. The second-order valence-corrected chi connectivity index (χ2v) is 3.11. The zero-order valence-electron chi connectivity index (χ0n) is 8.07. The van der Waals surface area contributed by atoms with Crippen molar-refractivity contribution in [2.45, 2.75) is 6.61 Å². The standard InChI is InChI=1S/C12H12O2/c1-13-9-10-4-6-11(7-5-10)12-3-2-8-14-12/h2-8H,9H2,1H3. The highest BCUT2D eigenvalue weighted by Crippen LogP contribution is 2.19. The van der Waals surface area contributed by atoms with Crippen molar-refractivity contribution in [3.8, 4) is 11.3 Å². The largest absolute Gasteiger partial charge is 0.464 e. The van der Waals surface area contributed by atoms with Crippen LogP contribution in [0.2, 0.25) is 0 Å². The van der Waals surface area contributed by atoms with Gasteiger partial charge >= 0.3 is 0 Å². The maximum absolute atomic E-state index is 5.29. The zero-order chi connectivity index (χ0) is 9.80. The van der Waals surface area contributed by atoms with Gasteiger partial charge in [0.15, 0.2) is 0 Å². The number of ether oxygens (including phenoxy) is 1. The third-order valence-electron chi connectivity index (χ3n) is 2.07. The van der Waals surface area contributed by atoms with Crippen LogP contribution in [0, 0.1) is 0 Å². The molecule has 0 aliphatic heterocycles. The van der Waals surface area contributed by atoms with Crippen LogP contribution in [0.15, 0.2) is 47.1 Å². The normalized spacial score (nSPS) is 10.4. The summed E-state index contributed by atoms with van der Waals surface area (Å²) < 4.78 is 10.3. The Morgan fingerprint density at radius 2 is 1.93 bits per heavy atom. The van der Waals surface area contributed by atoms with E-state index in [0.29, 0.717) is 6.61 Å². The van der Waals surface area contributed by atoms with E-state index in [2.05, 4.69) is 0 Å². The summed E-state index contributed by atoms with van der Waals surface area (Å²) in [5.74, 6) is 0.897. The van der Waals surface area contributed by atoms with Gasteiger partial charge in [-0.15, -0.1) is 0 Å². The summed E-state index contributed by atoms with van der Waals surface area (Å²) in [6.07, 6.45) is 1.68. The summed E-state index contributed by atoms with van der Waals surface area (Å²) >= 11 is 0. The summed E-state index contributed by atoms with van der Waals surface area (Å²) in [6.45, 7) is 0.651. The van der Waals surface area contributed by atoms with Crippen molar-refractivity contribution in [1.82, 2.24) is 0 Å². The van der Waals surface area contributed by atoms with Crippen LogP contribution >= 0.6 is 0 Å². The SMILES string of the molecule is COCc1ccc(-c2ccco2)cc1. The van der Waals surface area contributed by atoms with Crippen LogP contribution in [-0.2, 0) is 11.3 Å². The van der Waals surface area contributed by atoms with Gasteiger partial charge in [0.1, 0.15) is 5.76 Å². The van der Waals surface area contributed by atoms with Crippen molar-refractivity contribution in [3.05, 3.63) is 48.2 Å². The van der Waals surface area contributed by atoms with E-state index >= 15 is 0 Å². The molecule has 0 saturated carbocycles. The Kier molecular flexibility index (Phi) is 2.65. The first kappa shape index (κ1) is 9.03. The molecule has 0 spiro atoms. The van der Waals surface area contributed by atoms with Crippen LogP contribution in [0.4, 0.5) is 0 Å². The van der Waals surface area contributed by atoms with Gasteiger partial charge in [-0.2, -0.15) is 0 Å². The Labute approximate surface area is 83.1 Å². The summed E-state index contributed by atoms with van der Waals surface area (Å²) in [7, 11) is 1.69. The summed E-state index contributed by atoms with van der Waals surface area (Å²) in [5, 5.41) is 0. The van der Waals surface area contributed by atoms with Crippen molar-refractivity contribution in [2.24, 2.45) is 0 Å². The molecule has 0 atom stereocenters. The molecule has 0 N–H and O–H groups in total. The monoisotopic (exact) mass is 188 g/mol. The Morgan fingerprint density at radius 3 is 2.50 bits per heavy atom. The number of rotatable bonds is 3. The number of methoxy groups -OCH3 is 1. The van der Waals surface area contributed by atoms with E-state index in [1.165, 1.54) is 5.56 Å². The molecular weight excluding hydrogens is 176 g/mol. The summed E-state index contributed by atoms with van der Waals surface area (Å²) in [5.41, 5.74) is 2.26. The molecule has 14 heavy (non-hydrogen) atoms. The van der Waals surface area contributed by atoms with Gasteiger partial charge in [0, 0.05) is 12.7 Å². The van der Waals surface area contributed by atoms with Gasteiger partial charge in [0.25, 0.3) is 0 Å². The fourth-order valence-electron chi connectivity index (χ4n) is 1.37. The molecule has 2 aromatic rings. The number of benzene rings is 1. The lowest BCUT2D eigenvalue weighted by Gasteiger charge is -2.00. The third kappa shape index (κ3) is 1.86. The molecule has 0 aliphatic carbocycles. The fraction of sp³-hybridized carbons (Fsp3) is 0.167. The lowest BCUT2D eigenvalue weighted by Crippen LogP contribution is -1.86. The fourth-order valence-corrected chi connectivity index (χ4v) is 1.37. The van der Waals surface area contributed by atoms with Crippen molar-refractivity contribution in [2.75, 3.05) is 7.11 Å². The van der Waals surface area contributed by atoms with Crippen molar-refractivity contribution >= 4 is 0 Å². The first-order valence-electron chi connectivity index (χ1n) is 4.52. The number of furan rings is 1. The van der Waals surface area contributed by atoms with Crippen LogP contribution < -0.4 is 0 Å². The lowest BCUT2D eigenvalue weighted by atomic mass is 10.1. The number of hydrogen-bond donors (Lipinski definition) is 0. The van der Waals surface area contributed by atoms with Crippen LogP contribution in [0.5, 0.6) is 0 Å². The molecule has 2 nitrogen and oxygen atoms in total. The average Bonchev–Trinajstić information content (AvgIpc) is 2.72. The molecule has 0 aliphatic rings. The molecule has 0 amide bonds. The predicted octanol–water partition coefficient (Wildman–Crippen LogP) is 3.09. The van der Waals surface area contributed by atoms with Crippen molar-refractivity contribution in [1.29, 1.82) is 0 Å². The minimum atomic E-state index is 0.651. The molecule has 1 aromatic carbocycles. The smallest absolute Gasteiger partial charge is 0.133 e. The van der Waals surface area contributed by atoms with Crippen LogP contribution in [0.3, 0.4) is 0 Å². The van der Waals surface area contributed by atoms with Crippen LogP contribution in [-0.4, -0.2) is 7.11 Å². The summed E-state index contributed by atoms with van der Waals surface area (Å²) in [6, 6.07) is 12.0. The van der Waals surface area contributed by atoms with Crippen LogP contribution in [0.25, 0.3) is 11.3 Å². The molecule has 0 saturated heterocycles. The van der Waals surface area contributed by atoms with E-state index in [1.807, 2.05) is 36.4 Å². The lowest BCUT2D eigenvalue weighted by molar-refractivity contribution is 0.185. The van der Waals surface area contributed by atoms with Crippen molar-refractivity contribution < 1.29 is 9.15 Å². The van der Waals surface area contributed by atoms with Gasteiger partial charge in [-0.3, -0.25) is 0 Å². The molecule has 1 aromatic heterocycles. The van der Waals surface area contributed by atoms with E-state index in [4.69, 9.17) is 9.15 Å². The van der Waals surface area contributed by atoms with E-state index in [-0.39, 0.29) is 0 Å². The highest BCUT2D eigenvalue weighted by Gasteiger charge is 1.99. The minimum absolute atomic E-state index is 0.651. The molecular formula is C12H12O2. The van der Waals surface area contributed by atoms with Gasteiger partial charge in [0.05, 0.1) is 12.9 Å². The van der Waals surface area contributed by atoms with Gasteiger partial charge in [-0.25, -0.2) is 0 Å². The predicted molar refractivity (Wildman–Crippen MR) is 54.9 cm³/mol. The average molecular weight is 188 g/mol. The van der Waals surface area contributed by atoms with E-state index in [0.717, 1.165) is 11.3 Å². The second kappa shape index (κ2) is 4.11. The molecule has 2 heteroatoms. The summed E-state index contributed by atoms with van der Waals surface area (Å²) in [4.78, 5) is 0. The molecule has 0 unspecified atom stereocenters. The Balaban J connectivity index is 2.22. The molecule has 0 radical (unpaired) electrons. The molecule has 1 heterocycles. The molecule has 0 bridgehead atoms. The van der Waals surface area contributed by atoms with E-state index in [9.17, 15) is 0 Å². The van der Waals surface area contributed by atoms with Gasteiger partial charge in [-0.1, -0.05) is 24.3 Å². The number of hydrogen-bond acceptors (Lipinski definition) is 2. The second-order valence-electron chi connectivity index (χ2n) is 3.11. The van der Waals surface area contributed by atoms with Gasteiger partial charge in [-0.05, 0) is 17.7 Å². The highest BCUT2D eigenvalue weighted by molar-refractivity contribution is 5.57. The Bertz CT molecular complexity index is 373. The zero-order valence-corrected chi connectivity index (χ0v) is 8.07. The van der Waals surface area contributed by atoms with Gasteiger partial charge in [0.2, 0.25) is 0 Å². The highest BCUT2D eigenvalue weighted by atomic mass is 16.5. The van der Waals surface area contributed by atoms with Crippen molar-refractivity contribution in [3.63, 3.8) is 0 Å². The quantitative estimate of drug-likeness (QED) is 0.738. The maximum atomic E-state index is 5.29. The third-order valence-corrected chi connectivity index (χ3v) is 2.07. The van der Waals surface area contributed by atoms with Crippen LogP contribution in [0.1, 0.15) is 5.56 Å². The van der Waals surface area contributed by atoms with E-state index in [1.54, 1.807) is 13.4 Å². The Morgan fingerprint density at radius 1 is 1.14 bits per heavy atom. The van der Waals surface area contributed by atoms with E-state index < -0.39 is 0 Å². The van der Waals surface area contributed by atoms with Gasteiger partial charge < -0.3 is 9.15 Å². The maximum Gasteiger partial charge on any atom is 0.133 e. The topological polar surface area (TPSA) is 22.4 Å². The minimum Gasteiger partial charge on any atom is -0.464 e. The molecule has 72 valence electrons. The first-order valence-corrected chi connectivity index (χ1v) is 4.52.